The van der Waals surface area contributed by atoms with Gasteiger partial charge in [-0.3, -0.25) is 9.88 Å². The molecule has 7 nitrogen and oxygen atoms in total. The first-order valence-corrected chi connectivity index (χ1v) is 9.13. The molecule has 2 aromatic rings. The van der Waals surface area contributed by atoms with Crippen LogP contribution in [-0.2, 0) is 10.3 Å². The molecule has 1 saturated heterocycles. The Morgan fingerprint density at radius 2 is 2.12 bits per heavy atom. The normalized spacial score (nSPS) is 25.0. The first-order chi connectivity index (χ1) is 11.8. The topological polar surface area (TPSA) is 84.0 Å². The third-order valence-electron chi connectivity index (χ3n) is 4.75. The second kappa shape index (κ2) is 5.52. The van der Waals surface area contributed by atoms with Gasteiger partial charge in [-0.2, -0.15) is 0 Å². The van der Waals surface area contributed by atoms with E-state index < -0.39 is 5.60 Å². The molecule has 4 rings (SSSR count). The number of likely N-dealkylation sites (tertiary alicyclic amines) is 1. The molecule has 0 aromatic carbocycles. The molecular weight excluding hydrogens is 386 g/mol. The lowest BCUT2D eigenvalue weighted by Crippen LogP contribution is -2.42. The molecule has 25 heavy (non-hydrogen) atoms. The monoisotopic (exact) mass is 405 g/mol. The summed E-state index contributed by atoms with van der Waals surface area (Å²) in [4.78, 5) is 30.9. The van der Waals surface area contributed by atoms with Crippen molar-refractivity contribution in [1.82, 2.24) is 24.8 Å². The van der Waals surface area contributed by atoms with E-state index in [0.29, 0.717) is 17.1 Å². The molecule has 1 amide bonds. The maximum atomic E-state index is 12.6. The van der Waals surface area contributed by atoms with Crippen LogP contribution in [0.1, 0.15) is 39.4 Å². The number of amides is 1. The Balaban J connectivity index is 1.61. The number of fused-ring (bicyclic) bond motifs is 1. The van der Waals surface area contributed by atoms with Gasteiger partial charge >= 0.3 is 6.09 Å². The number of H-pyrrole nitrogens is 1. The zero-order valence-electron chi connectivity index (χ0n) is 14.4. The van der Waals surface area contributed by atoms with Gasteiger partial charge in [0, 0.05) is 6.54 Å². The van der Waals surface area contributed by atoms with E-state index in [-0.39, 0.29) is 11.6 Å². The van der Waals surface area contributed by atoms with Crippen LogP contribution in [0.4, 0.5) is 4.79 Å². The number of piperidine rings is 1. The second-order valence-electron chi connectivity index (χ2n) is 7.62. The van der Waals surface area contributed by atoms with Crippen molar-refractivity contribution in [2.75, 3.05) is 6.54 Å². The number of hydrogen-bond donors (Lipinski definition) is 1. The molecule has 1 saturated carbocycles. The molecule has 0 bridgehead atoms. The molecule has 1 aliphatic carbocycles. The standard InChI is InChI=1S/C17H20BrN5O2/c1-16(2,3)25-15(24)23-5-4-10-6-17(10,23)14-21-8-12(22-14)11-7-20-13(18)9-19-11/h7-10H,4-6H2,1-3H3,(H,21,22). The molecule has 2 aromatic heterocycles. The molecular formula is C17H20BrN5O2. The summed E-state index contributed by atoms with van der Waals surface area (Å²) in [5.41, 5.74) is 0.652. The highest BCUT2D eigenvalue weighted by Gasteiger charge is 2.67. The smallest absolute Gasteiger partial charge is 0.411 e. The lowest BCUT2D eigenvalue weighted by atomic mass is 10.2. The van der Waals surface area contributed by atoms with Crippen molar-refractivity contribution < 1.29 is 9.53 Å². The fraction of sp³-hybridized carbons (Fsp3) is 0.529. The maximum absolute atomic E-state index is 12.6. The predicted molar refractivity (Wildman–Crippen MR) is 94.7 cm³/mol. The van der Waals surface area contributed by atoms with Gasteiger partial charge in [0.25, 0.3) is 0 Å². The van der Waals surface area contributed by atoms with Crippen LogP contribution in [0.25, 0.3) is 11.4 Å². The van der Waals surface area contributed by atoms with Crippen molar-refractivity contribution in [3.8, 4) is 11.4 Å². The number of aromatic amines is 1. The van der Waals surface area contributed by atoms with E-state index in [4.69, 9.17) is 4.74 Å². The molecule has 132 valence electrons. The summed E-state index contributed by atoms with van der Waals surface area (Å²) in [6.07, 6.45) is 6.72. The van der Waals surface area contributed by atoms with Crippen molar-refractivity contribution in [3.05, 3.63) is 29.0 Å². The minimum absolute atomic E-state index is 0.270. The van der Waals surface area contributed by atoms with Crippen molar-refractivity contribution in [2.24, 2.45) is 5.92 Å². The van der Waals surface area contributed by atoms with E-state index in [0.717, 1.165) is 30.1 Å². The van der Waals surface area contributed by atoms with Gasteiger partial charge in [-0.25, -0.2) is 14.8 Å². The van der Waals surface area contributed by atoms with E-state index in [2.05, 4.69) is 35.9 Å². The fourth-order valence-electron chi connectivity index (χ4n) is 3.58. The van der Waals surface area contributed by atoms with Crippen molar-refractivity contribution in [3.63, 3.8) is 0 Å². The molecule has 0 radical (unpaired) electrons. The maximum Gasteiger partial charge on any atom is 0.411 e. The Morgan fingerprint density at radius 1 is 1.32 bits per heavy atom. The average Bonchev–Trinajstić information content (AvgIpc) is 2.93. The van der Waals surface area contributed by atoms with Gasteiger partial charge in [0.15, 0.2) is 0 Å². The second-order valence-corrected chi connectivity index (χ2v) is 8.43. The largest absolute Gasteiger partial charge is 0.444 e. The number of imidazole rings is 1. The third kappa shape index (κ3) is 2.82. The molecule has 2 aliphatic rings. The van der Waals surface area contributed by atoms with Gasteiger partial charge in [0.2, 0.25) is 0 Å². The molecule has 2 fully saturated rings. The van der Waals surface area contributed by atoms with E-state index in [9.17, 15) is 4.79 Å². The summed E-state index contributed by atoms with van der Waals surface area (Å²) in [7, 11) is 0. The number of aromatic nitrogens is 4. The number of halogens is 1. The summed E-state index contributed by atoms with van der Waals surface area (Å²) < 4.78 is 6.27. The SMILES string of the molecule is CC(C)(C)OC(=O)N1CCC2CC21c1ncc(-c2cnc(Br)cn2)[nH]1. The zero-order chi connectivity index (χ0) is 17.8. The summed E-state index contributed by atoms with van der Waals surface area (Å²) in [5, 5.41) is 0. The van der Waals surface area contributed by atoms with E-state index in [1.165, 1.54) is 0 Å². The molecule has 2 unspecified atom stereocenters. The lowest BCUT2D eigenvalue weighted by Gasteiger charge is -2.30. The van der Waals surface area contributed by atoms with Crippen molar-refractivity contribution >= 4 is 22.0 Å². The summed E-state index contributed by atoms with van der Waals surface area (Å²) >= 11 is 3.28. The lowest BCUT2D eigenvalue weighted by molar-refractivity contribution is 0.0162. The number of rotatable bonds is 2. The van der Waals surface area contributed by atoms with Gasteiger partial charge in [0.05, 0.1) is 24.3 Å². The van der Waals surface area contributed by atoms with Gasteiger partial charge < -0.3 is 9.72 Å². The number of nitrogens with one attached hydrogen (secondary N) is 1. The highest BCUT2D eigenvalue weighted by molar-refractivity contribution is 9.10. The number of nitrogens with zero attached hydrogens (tertiary/aromatic N) is 4. The molecule has 3 heterocycles. The summed E-state index contributed by atoms with van der Waals surface area (Å²) in [5.74, 6) is 1.25. The Labute approximate surface area is 154 Å². The molecule has 1 N–H and O–H groups in total. The average molecular weight is 406 g/mol. The third-order valence-corrected chi connectivity index (χ3v) is 5.16. The van der Waals surface area contributed by atoms with Crippen molar-refractivity contribution in [2.45, 2.75) is 44.8 Å². The number of ether oxygens (including phenoxy) is 1. The quantitative estimate of drug-likeness (QED) is 0.826. The Bertz CT molecular complexity index is 813. The number of hydrogen-bond acceptors (Lipinski definition) is 5. The van der Waals surface area contributed by atoms with Crippen LogP contribution in [0.2, 0.25) is 0 Å². The van der Waals surface area contributed by atoms with E-state index in [1.54, 1.807) is 18.6 Å². The van der Waals surface area contributed by atoms with Gasteiger partial charge in [-0.1, -0.05) is 0 Å². The summed E-state index contributed by atoms with van der Waals surface area (Å²) in [6.45, 7) is 6.35. The minimum atomic E-state index is -0.507. The molecule has 0 spiro atoms. The Kier molecular flexibility index (Phi) is 3.64. The van der Waals surface area contributed by atoms with Crippen LogP contribution in [0.5, 0.6) is 0 Å². The number of carbonyl (C=O) groups excluding carboxylic acids is 1. The minimum Gasteiger partial charge on any atom is -0.444 e. The van der Waals surface area contributed by atoms with Gasteiger partial charge in [-0.15, -0.1) is 0 Å². The van der Waals surface area contributed by atoms with Crippen LogP contribution >= 0.6 is 15.9 Å². The highest BCUT2D eigenvalue weighted by atomic mass is 79.9. The van der Waals surface area contributed by atoms with E-state index in [1.807, 2.05) is 25.7 Å². The molecule has 1 aliphatic heterocycles. The van der Waals surface area contributed by atoms with Crippen LogP contribution in [0.15, 0.2) is 23.2 Å². The van der Waals surface area contributed by atoms with Crippen LogP contribution in [-0.4, -0.2) is 43.1 Å². The summed E-state index contributed by atoms with van der Waals surface area (Å²) in [6, 6.07) is 0. The van der Waals surface area contributed by atoms with Crippen molar-refractivity contribution in [1.29, 1.82) is 0 Å². The van der Waals surface area contributed by atoms with Crippen LogP contribution in [0, 0.1) is 5.92 Å². The Hall–Kier alpha value is -1.96. The van der Waals surface area contributed by atoms with Crippen LogP contribution in [0.3, 0.4) is 0 Å². The first kappa shape index (κ1) is 16.5. The fourth-order valence-corrected chi connectivity index (χ4v) is 3.79. The molecule has 2 atom stereocenters. The Morgan fingerprint density at radius 3 is 2.76 bits per heavy atom. The highest BCUT2D eigenvalue weighted by Crippen LogP contribution is 2.62. The zero-order valence-corrected chi connectivity index (χ0v) is 16.0. The van der Waals surface area contributed by atoms with Gasteiger partial charge in [-0.05, 0) is 55.5 Å². The predicted octanol–water partition coefficient (Wildman–Crippen LogP) is 3.49. The first-order valence-electron chi connectivity index (χ1n) is 8.33. The van der Waals surface area contributed by atoms with Gasteiger partial charge in [0.1, 0.15) is 27.3 Å². The number of carbonyl (C=O) groups is 1. The van der Waals surface area contributed by atoms with E-state index >= 15 is 0 Å². The molecule has 8 heteroatoms. The van der Waals surface area contributed by atoms with Crippen LogP contribution < -0.4 is 0 Å².